The molecule has 0 N–H and O–H groups in total. The van der Waals surface area contributed by atoms with Gasteiger partial charge in [0.2, 0.25) is 0 Å². The average molecular weight is 1080 g/mol. The van der Waals surface area contributed by atoms with Crippen LogP contribution in [0.25, 0.3) is 0 Å². The van der Waals surface area contributed by atoms with E-state index in [1.807, 2.05) is 0 Å². The lowest BCUT2D eigenvalue weighted by Gasteiger charge is -2.10. The first kappa shape index (κ1) is 55.0. The van der Waals surface area contributed by atoms with Gasteiger partial charge in [-0.15, -0.1) is 0 Å². The van der Waals surface area contributed by atoms with E-state index in [4.69, 9.17) is 0 Å². The van der Waals surface area contributed by atoms with Crippen LogP contribution in [0.1, 0.15) is 153 Å². The molecular weight excluding hydrogens is 1000 g/mol. The van der Waals surface area contributed by atoms with Crippen LogP contribution in [0.5, 0.6) is 0 Å². The van der Waals surface area contributed by atoms with Crippen molar-refractivity contribution in [2.45, 2.75) is 169 Å². The highest BCUT2D eigenvalue weighted by Crippen LogP contribution is 2.19. The SMILES string of the molecule is BrCCCCCc1cc(CCCCCBr)cc(CCCCCBr)c1.Cc1cc[n+](CCCC#Cc2cc(C#CCCC[n+]3ccc(C)cc3)cc(CCCCC[n+]3ccc(C)cc3)c2)cc1. The fourth-order valence-corrected chi connectivity index (χ4v) is 9.12. The Bertz CT molecular complexity index is 2030. The van der Waals surface area contributed by atoms with Gasteiger partial charge in [-0.05, 0) is 155 Å². The van der Waals surface area contributed by atoms with Crippen molar-refractivity contribution in [3.63, 3.8) is 0 Å². The standard InChI is InChI=1S/C39H46N3.C21H33Br3/c1-34-16-25-40(26-17-34)22-10-4-7-13-37-31-38(14-8-5-11-23-41-27-18-35(2)19-28-41)33-39(32-37)15-9-6-12-24-42-29-20-36(3)21-30-42;22-13-7-1-4-10-19-16-20(11-5-2-8-14-23)18-21(17-19)12-6-3-9-15-24/h16-21,25-33H,4-7,10-13,22-24H2,1-3H3;16-18H,1-15H2/q+3;. The Morgan fingerprint density at radius 3 is 0.985 bits per heavy atom. The number of rotatable bonds is 27. The maximum Gasteiger partial charge on any atom is 0.169 e. The van der Waals surface area contributed by atoms with E-state index in [-0.39, 0.29) is 0 Å². The molecule has 0 saturated heterocycles. The minimum Gasteiger partial charge on any atom is -0.205 e. The van der Waals surface area contributed by atoms with Crippen molar-refractivity contribution >= 4 is 47.8 Å². The number of aromatic nitrogens is 3. The van der Waals surface area contributed by atoms with Gasteiger partial charge < -0.3 is 0 Å². The molecule has 0 aliphatic heterocycles. The van der Waals surface area contributed by atoms with Crippen LogP contribution in [0.3, 0.4) is 0 Å². The van der Waals surface area contributed by atoms with Crippen molar-refractivity contribution in [3.05, 3.63) is 160 Å². The van der Waals surface area contributed by atoms with E-state index in [2.05, 4.69) is 216 Å². The summed E-state index contributed by atoms with van der Waals surface area (Å²) < 4.78 is 6.75. The second-order valence-electron chi connectivity index (χ2n) is 18.0. The van der Waals surface area contributed by atoms with Crippen LogP contribution >= 0.6 is 47.8 Å². The molecule has 3 nitrogen and oxygen atoms in total. The lowest BCUT2D eigenvalue weighted by Crippen LogP contribution is -2.32. The summed E-state index contributed by atoms with van der Waals surface area (Å²) in [6.45, 7) is 9.44. The van der Waals surface area contributed by atoms with E-state index < -0.39 is 0 Å². The van der Waals surface area contributed by atoms with Gasteiger partial charge in [0.15, 0.2) is 37.2 Å². The van der Waals surface area contributed by atoms with Gasteiger partial charge >= 0.3 is 0 Å². The van der Waals surface area contributed by atoms with E-state index in [1.54, 1.807) is 16.7 Å². The number of nitrogens with zero attached hydrogens (tertiary/aromatic N) is 3. The number of alkyl halides is 3. The molecule has 0 spiro atoms. The summed E-state index contributed by atoms with van der Waals surface area (Å²) >= 11 is 10.6. The van der Waals surface area contributed by atoms with Crippen LogP contribution in [-0.4, -0.2) is 16.0 Å². The predicted molar refractivity (Wildman–Crippen MR) is 291 cm³/mol. The summed E-state index contributed by atoms with van der Waals surface area (Å²) in [5.74, 6) is 13.7. The van der Waals surface area contributed by atoms with E-state index in [0.29, 0.717) is 0 Å². The van der Waals surface area contributed by atoms with Crippen LogP contribution in [0.4, 0.5) is 0 Å². The summed E-state index contributed by atoms with van der Waals surface area (Å²) in [4.78, 5) is 0. The Balaban J connectivity index is 0.000000338. The number of hydrogen-bond donors (Lipinski definition) is 0. The number of aryl methyl sites for hydroxylation is 10. The largest absolute Gasteiger partial charge is 0.205 e. The molecule has 0 bridgehead atoms. The number of hydrogen-bond acceptors (Lipinski definition) is 0. The van der Waals surface area contributed by atoms with Gasteiger partial charge in [-0.1, -0.05) is 109 Å². The van der Waals surface area contributed by atoms with Crippen molar-refractivity contribution in [3.8, 4) is 23.7 Å². The van der Waals surface area contributed by atoms with Crippen LogP contribution in [0.15, 0.2) is 110 Å². The molecule has 2 aromatic carbocycles. The smallest absolute Gasteiger partial charge is 0.169 e. The van der Waals surface area contributed by atoms with Crippen molar-refractivity contribution in [1.82, 2.24) is 0 Å². The van der Waals surface area contributed by atoms with Crippen molar-refractivity contribution in [2.75, 3.05) is 16.0 Å². The maximum atomic E-state index is 3.53. The third-order valence-corrected chi connectivity index (χ3v) is 13.5. The van der Waals surface area contributed by atoms with Gasteiger partial charge in [0.1, 0.15) is 19.6 Å². The van der Waals surface area contributed by atoms with Crippen LogP contribution in [-0.2, 0) is 45.3 Å². The number of unbranched alkanes of at least 4 members (excludes halogenated alkanes) is 10. The summed E-state index contributed by atoms with van der Waals surface area (Å²) in [6, 6.07) is 27.1. The van der Waals surface area contributed by atoms with Gasteiger partial charge in [-0.2, -0.15) is 0 Å². The van der Waals surface area contributed by atoms with Gasteiger partial charge in [0, 0.05) is 95.6 Å². The van der Waals surface area contributed by atoms with E-state index in [1.165, 1.54) is 119 Å². The molecule has 3 heterocycles. The Kier molecular flexibility index (Phi) is 28.9. The summed E-state index contributed by atoms with van der Waals surface area (Å²) in [5, 5.41) is 3.41. The minimum atomic E-state index is 0.888. The fraction of sp³-hybridized carbons (Fsp3) is 0.483. The fourth-order valence-electron chi connectivity index (χ4n) is 7.93. The first-order valence-electron chi connectivity index (χ1n) is 25.1. The summed E-state index contributed by atoms with van der Waals surface area (Å²) in [5.41, 5.74) is 12.1. The number of pyridine rings is 3. The first-order chi connectivity index (χ1) is 32.3. The van der Waals surface area contributed by atoms with Crippen LogP contribution in [0, 0.1) is 44.5 Å². The highest BCUT2D eigenvalue weighted by Gasteiger charge is 2.06. The average Bonchev–Trinajstić information content (AvgIpc) is 3.32. The molecule has 5 aromatic rings. The van der Waals surface area contributed by atoms with Gasteiger partial charge in [-0.25, -0.2) is 13.7 Å². The highest BCUT2D eigenvalue weighted by atomic mass is 79.9. The maximum absolute atomic E-state index is 3.53. The zero-order chi connectivity index (χ0) is 46.9. The quantitative estimate of drug-likeness (QED) is 0.0215. The Morgan fingerprint density at radius 2 is 0.652 bits per heavy atom. The third-order valence-electron chi connectivity index (χ3n) is 11.9. The monoisotopic (exact) mass is 1080 g/mol. The molecule has 352 valence electrons. The van der Waals surface area contributed by atoms with E-state index in [9.17, 15) is 0 Å². The first-order valence-corrected chi connectivity index (χ1v) is 28.5. The molecule has 0 fully saturated rings. The molecule has 6 heteroatoms. The van der Waals surface area contributed by atoms with Crippen LogP contribution < -0.4 is 13.7 Å². The minimum absolute atomic E-state index is 0.888. The highest BCUT2D eigenvalue weighted by molar-refractivity contribution is 9.09. The molecule has 66 heavy (non-hydrogen) atoms. The molecule has 0 radical (unpaired) electrons. The summed E-state index contributed by atoms with van der Waals surface area (Å²) in [6.07, 6.45) is 37.1. The number of halogens is 3. The lowest BCUT2D eigenvalue weighted by atomic mass is 9.96. The van der Waals surface area contributed by atoms with Crippen molar-refractivity contribution < 1.29 is 13.7 Å². The second kappa shape index (κ2) is 34.7. The second-order valence-corrected chi connectivity index (χ2v) is 20.4. The molecule has 0 atom stereocenters. The van der Waals surface area contributed by atoms with Crippen molar-refractivity contribution in [2.24, 2.45) is 0 Å². The van der Waals surface area contributed by atoms with Gasteiger partial charge in [0.25, 0.3) is 0 Å². The molecular formula is C60H79Br3N3+3. The zero-order valence-corrected chi connectivity index (χ0v) is 45.5. The third kappa shape index (κ3) is 25.0. The topological polar surface area (TPSA) is 11.6 Å². The molecule has 0 saturated carbocycles. The van der Waals surface area contributed by atoms with Crippen molar-refractivity contribution in [1.29, 1.82) is 0 Å². The lowest BCUT2D eigenvalue weighted by molar-refractivity contribution is -0.697. The molecule has 3 aromatic heterocycles. The van der Waals surface area contributed by atoms with E-state index in [0.717, 1.165) is 78.9 Å². The molecule has 0 aliphatic carbocycles. The number of benzene rings is 2. The van der Waals surface area contributed by atoms with Gasteiger partial charge in [-0.3, -0.25) is 0 Å². The Morgan fingerprint density at radius 1 is 0.348 bits per heavy atom. The Hall–Kier alpha value is -3.55. The molecule has 5 rings (SSSR count). The molecule has 0 aliphatic rings. The predicted octanol–water partition coefficient (Wildman–Crippen LogP) is 14.6. The van der Waals surface area contributed by atoms with Gasteiger partial charge in [0.05, 0.1) is 0 Å². The summed E-state index contributed by atoms with van der Waals surface area (Å²) in [7, 11) is 0. The zero-order valence-electron chi connectivity index (χ0n) is 40.8. The molecule has 0 unspecified atom stereocenters. The van der Waals surface area contributed by atoms with E-state index >= 15 is 0 Å². The normalized spacial score (nSPS) is 10.7. The Labute approximate surface area is 427 Å². The van der Waals surface area contributed by atoms with Crippen LogP contribution in [0.2, 0.25) is 0 Å². The molecule has 0 amide bonds.